The van der Waals surface area contributed by atoms with E-state index in [4.69, 9.17) is 0 Å². The molecule has 1 N–H and O–H groups in total. The molecule has 0 saturated heterocycles. The van der Waals surface area contributed by atoms with Gasteiger partial charge in [-0.05, 0) is 56.6 Å². The van der Waals surface area contributed by atoms with Crippen LogP contribution in [-0.4, -0.2) is 7.05 Å². The summed E-state index contributed by atoms with van der Waals surface area (Å²) in [4.78, 5) is 0. The Morgan fingerprint density at radius 2 is 1.85 bits per heavy atom. The summed E-state index contributed by atoms with van der Waals surface area (Å²) in [7, 11) is 2.14. The number of hydrogen-bond acceptors (Lipinski definition) is 1. The Bertz CT molecular complexity index is 439. The molecule has 2 fully saturated rings. The van der Waals surface area contributed by atoms with Gasteiger partial charge in [0.05, 0.1) is 0 Å². The number of aryl methyl sites for hydroxylation is 1. The van der Waals surface area contributed by atoms with Crippen LogP contribution < -0.4 is 5.32 Å². The predicted octanol–water partition coefficient (Wildman–Crippen LogP) is 4.86. The molecule has 4 unspecified atom stereocenters. The molecule has 0 aromatic heterocycles. The Kier molecular flexibility index (Phi) is 4.45. The molecule has 1 aromatic carbocycles. The smallest absolute Gasteiger partial charge is 0.0346 e. The lowest BCUT2D eigenvalue weighted by atomic mass is 9.65. The third-order valence-corrected chi connectivity index (χ3v) is 5.76. The summed E-state index contributed by atoms with van der Waals surface area (Å²) in [6.45, 7) is 2.20. The minimum Gasteiger partial charge on any atom is -0.313 e. The van der Waals surface area contributed by atoms with Crippen LogP contribution in [0.1, 0.15) is 62.1 Å². The molecule has 0 radical (unpaired) electrons. The van der Waals surface area contributed by atoms with Crippen LogP contribution in [0.25, 0.3) is 0 Å². The lowest BCUT2D eigenvalue weighted by Crippen LogP contribution is -2.34. The fourth-order valence-electron chi connectivity index (χ4n) is 4.75. The predicted molar refractivity (Wildman–Crippen MR) is 85.8 cm³/mol. The Hall–Kier alpha value is -0.820. The zero-order chi connectivity index (χ0) is 13.9. The summed E-state index contributed by atoms with van der Waals surface area (Å²) in [5.41, 5.74) is 2.88. The second kappa shape index (κ2) is 6.30. The molecule has 2 aliphatic carbocycles. The molecule has 0 bridgehead atoms. The molecule has 4 atom stereocenters. The van der Waals surface area contributed by atoms with Crippen LogP contribution in [0.4, 0.5) is 0 Å². The topological polar surface area (TPSA) is 12.0 Å². The minimum atomic E-state index is 0.553. The first kappa shape index (κ1) is 14.1. The maximum atomic E-state index is 3.61. The van der Waals surface area contributed by atoms with E-state index in [-0.39, 0.29) is 0 Å². The average Bonchev–Trinajstić information content (AvgIpc) is 2.48. The molecule has 2 aliphatic rings. The highest BCUT2D eigenvalue weighted by atomic mass is 14.9. The lowest BCUT2D eigenvalue weighted by molar-refractivity contribution is 0.111. The van der Waals surface area contributed by atoms with Gasteiger partial charge in [0.1, 0.15) is 0 Å². The van der Waals surface area contributed by atoms with Crippen LogP contribution in [0.5, 0.6) is 0 Å². The molecule has 0 spiro atoms. The third-order valence-electron chi connectivity index (χ3n) is 5.76. The zero-order valence-corrected chi connectivity index (χ0v) is 13.1. The van der Waals surface area contributed by atoms with Gasteiger partial charge in [-0.25, -0.2) is 0 Å². The Morgan fingerprint density at radius 3 is 2.60 bits per heavy atom. The highest BCUT2D eigenvalue weighted by Gasteiger charge is 2.35. The van der Waals surface area contributed by atoms with Crippen LogP contribution in [0, 0.1) is 24.7 Å². The monoisotopic (exact) mass is 271 g/mol. The fourth-order valence-corrected chi connectivity index (χ4v) is 4.75. The number of nitrogens with one attached hydrogen (secondary N) is 1. The summed E-state index contributed by atoms with van der Waals surface area (Å²) < 4.78 is 0. The lowest BCUT2D eigenvalue weighted by Gasteiger charge is -2.42. The summed E-state index contributed by atoms with van der Waals surface area (Å²) >= 11 is 0. The van der Waals surface area contributed by atoms with Crippen LogP contribution in [0.15, 0.2) is 24.3 Å². The van der Waals surface area contributed by atoms with Crippen molar-refractivity contribution in [3.63, 3.8) is 0 Å². The van der Waals surface area contributed by atoms with Crippen LogP contribution >= 0.6 is 0 Å². The van der Waals surface area contributed by atoms with Crippen molar-refractivity contribution in [2.24, 2.45) is 17.8 Å². The molecule has 0 heterocycles. The zero-order valence-electron chi connectivity index (χ0n) is 13.1. The molecule has 1 aromatic rings. The normalized spacial score (nSPS) is 31.6. The van der Waals surface area contributed by atoms with Crippen molar-refractivity contribution in [2.75, 3.05) is 7.05 Å². The first-order chi connectivity index (χ1) is 9.78. The van der Waals surface area contributed by atoms with Crippen LogP contribution in [0.2, 0.25) is 0 Å². The van der Waals surface area contributed by atoms with Gasteiger partial charge in [-0.1, -0.05) is 55.5 Å². The van der Waals surface area contributed by atoms with Crippen molar-refractivity contribution in [3.8, 4) is 0 Å². The van der Waals surface area contributed by atoms with E-state index in [1.165, 1.54) is 56.1 Å². The van der Waals surface area contributed by atoms with Crippen molar-refractivity contribution in [1.82, 2.24) is 5.32 Å². The maximum Gasteiger partial charge on any atom is 0.0346 e. The highest BCUT2D eigenvalue weighted by Crippen LogP contribution is 2.46. The Morgan fingerprint density at radius 1 is 1.05 bits per heavy atom. The third kappa shape index (κ3) is 2.93. The van der Waals surface area contributed by atoms with Gasteiger partial charge in [0.2, 0.25) is 0 Å². The minimum absolute atomic E-state index is 0.553. The first-order valence-corrected chi connectivity index (χ1v) is 8.51. The van der Waals surface area contributed by atoms with Gasteiger partial charge < -0.3 is 5.32 Å². The average molecular weight is 271 g/mol. The molecule has 1 heteroatoms. The SMILES string of the molecule is CNC(c1cccc(C)c1)C1CCC2CCCCC2C1. The first-order valence-electron chi connectivity index (χ1n) is 8.51. The molecule has 2 saturated carbocycles. The van der Waals surface area contributed by atoms with Gasteiger partial charge in [0.15, 0.2) is 0 Å². The van der Waals surface area contributed by atoms with Crippen molar-refractivity contribution in [2.45, 2.75) is 57.9 Å². The van der Waals surface area contributed by atoms with Crippen LogP contribution in [-0.2, 0) is 0 Å². The summed E-state index contributed by atoms with van der Waals surface area (Å²) in [6.07, 6.45) is 10.3. The number of hydrogen-bond donors (Lipinski definition) is 1. The van der Waals surface area contributed by atoms with Gasteiger partial charge in [-0.3, -0.25) is 0 Å². The summed E-state index contributed by atoms with van der Waals surface area (Å²) in [5, 5.41) is 3.61. The Labute approximate surface area is 124 Å². The van der Waals surface area contributed by atoms with Crippen molar-refractivity contribution >= 4 is 0 Å². The molecule has 20 heavy (non-hydrogen) atoms. The summed E-state index contributed by atoms with van der Waals surface area (Å²) in [6, 6.07) is 9.64. The summed E-state index contributed by atoms with van der Waals surface area (Å²) in [5.74, 6) is 2.90. The second-order valence-corrected chi connectivity index (χ2v) is 7.06. The highest BCUT2D eigenvalue weighted by molar-refractivity contribution is 5.25. The van der Waals surface area contributed by atoms with E-state index in [1.807, 2.05) is 0 Å². The van der Waals surface area contributed by atoms with E-state index < -0.39 is 0 Å². The van der Waals surface area contributed by atoms with E-state index in [0.29, 0.717) is 6.04 Å². The number of rotatable bonds is 3. The number of fused-ring (bicyclic) bond motifs is 1. The van der Waals surface area contributed by atoms with Gasteiger partial charge in [-0.2, -0.15) is 0 Å². The molecule has 110 valence electrons. The molecule has 3 rings (SSSR count). The second-order valence-electron chi connectivity index (χ2n) is 7.06. The Balaban J connectivity index is 1.73. The van der Waals surface area contributed by atoms with Crippen molar-refractivity contribution in [3.05, 3.63) is 35.4 Å². The largest absolute Gasteiger partial charge is 0.313 e. The van der Waals surface area contributed by atoms with Gasteiger partial charge in [-0.15, -0.1) is 0 Å². The fraction of sp³-hybridized carbons (Fsp3) is 0.684. The van der Waals surface area contributed by atoms with Crippen molar-refractivity contribution in [1.29, 1.82) is 0 Å². The molecular formula is C19H29N. The van der Waals surface area contributed by atoms with E-state index in [0.717, 1.165) is 17.8 Å². The molecule has 0 aliphatic heterocycles. The van der Waals surface area contributed by atoms with E-state index in [2.05, 4.69) is 43.6 Å². The van der Waals surface area contributed by atoms with E-state index in [1.54, 1.807) is 0 Å². The van der Waals surface area contributed by atoms with E-state index >= 15 is 0 Å². The van der Waals surface area contributed by atoms with Crippen molar-refractivity contribution < 1.29 is 0 Å². The quantitative estimate of drug-likeness (QED) is 0.827. The molecular weight excluding hydrogens is 242 g/mol. The standard InChI is InChI=1S/C19H29N/c1-14-6-5-9-17(12-14)19(20-2)18-11-10-15-7-3-4-8-16(15)13-18/h5-6,9,12,15-16,18-20H,3-4,7-8,10-11,13H2,1-2H3. The van der Waals surface area contributed by atoms with Gasteiger partial charge >= 0.3 is 0 Å². The number of benzene rings is 1. The van der Waals surface area contributed by atoms with Crippen LogP contribution in [0.3, 0.4) is 0 Å². The van der Waals surface area contributed by atoms with Gasteiger partial charge in [0.25, 0.3) is 0 Å². The van der Waals surface area contributed by atoms with E-state index in [9.17, 15) is 0 Å². The molecule has 0 amide bonds. The molecule has 1 nitrogen and oxygen atoms in total. The van der Waals surface area contributed by atoms with Gasteiger partial charge in [0, 0.05) is 6.04 Å². The maximum absolute atomic E-state index is 3.61.